The molecule has 1 aromatic rings. The minimum absolute atomic E-state index is 0.800. The normalized spacial score (nSPS) is 15.1. The van der Waals surface area contributed by atoms with Crippen LogP contribution in [0, 0.1) is 0 Å². The molecule has 94 valence electrons. The molecule has 1 aliphatic heterocycles. The zero-order valence-corrected chi connectivity index (χ0v) is 11.1. The highest BCUT2D eigenvalue weighted by Gasteiger charge is 2.18. The first-order valence-electron chi connectivity index (χ1n) is 6.04. The zero-order chi connectivity index (χ0) is 12.4. The van der Waals surface area contributed by atoms with Gasteiger partial charge < -0.3 is 15.1 Å². The topological polar surface area (TPSA) is 44.3 Å². The predicted molar refractivity (Wildman–Crippen MR) is 71.0 cm³/mol. The Balaban J connectivity index is 2.51. The molecular weight excluding hydrogens is 214 g/mol. The SMILES string of the molecule is CN(C)c1nc2c(c(N(C)C)n1)CCNCC2. The first-order chi connectivity index (χ1) is 8.09. The van der Waals surface area contributed by atoms with Gasteiger partial charge in [-0.2, -0.15) is 4.98 Å². The summed E-state index contributed by atoms with van der Waals surface area (Å²) in [6, 6.07) is 0. The van der Waals surface area contributed by atoms with Gasteiger partial charge in [-0.1, -0.05) is 0 Å². The summed E-state index contributed by atoms with van der Waals surface area (Å²) in [6.45, 7) is 2.02. The first kappa shape index (κ1) is 12.1. The molecule has 2 rings (SSSR count). The minimum atomic E-state index is 0.800. The molecule has 5 nitrogen and oxygen atoms in total. The van der Waals surface area contributed by atoms with E-state index in [2.05, 4.69) is 20.2 Å². The number of rotatable bonds is 2. The van der Waals surface area contributed by atoms with Gasteiger partial charge in [0.1, 0.15) is 5.82 Å². The van der Waals surface area contributed by atoms with Crippen LogP contribution in [-0.4, -0.2) is 51.2 Å². The lowest BCUT2D eigenvalue weighted by Gasteiger charge is -2.21. The van der Waals surface area contributed by atoms with Crippen LogP contribution in [0.1, 0.15) is 11.3 Å². The summed E-state index contributed by atoms with van der Waals surface area (Å²) in [5.41, 5.74) is 2.49. The highest BCUT2D eigenvalue weighted by atomic mass is 15.3. The Bertz CT molecular complexity index is 400. The van der Waals surface area contributed by atoms with E-state index in [0.717, 1.165) is 37.7 Å². The highest BCUT2D eigenvalue weighted by molar-refractivity contribution is 5.52. The van der Waals surface area contributed by atoms with E-state index in [1.54, 1.807) is 0 Å². The third-order valence-corrected chi connectivity index (χ3v) is 2.97. The molecule has 0 unspecified atom stereocenters. The smallest absolute Gasteiger partial charge is 0.227 e. The van der Waals surface area contributed by atoms with E-state index in [0.29, 0.717) is 0 Å². The summed E-state index contributed by atoms with van der Waals surface area (Å²) < 4.78 is 0. The van der Waals surface area contributed by atoms with Crippen LogP contribution >= 0.6 is 0 Å². The fraction of sp³-hybridized carbons (Fsp3) is 0.667. The lowest BCUT2D eigenvalue weighted by atomic mass is 10.1. The molecule has 0 saturated carbocycles. The van der Waals surface area contributed by atoms with Gasteiger partial charge in [0.05, 0.1) is 5.69 Å². The molecule has 0 aromatic carbocycles. The van der Waals surface area contributed by atoms with Crippen LogP contribution in [0.3, 0.4) is 0 Å². The quantitative estimate of drug-likeness (QED) is 0.798. The van der Waals surface area contributed by atoms with E-state index in [-0.39, 0.29) is 0 Å². The van der Waals surface area contributed by atoms with Crippen molar-refractivity contribution >= 4 is 11.8 Å². The van der Waals surface area contributed by atoms with Crippen LogP contribution in [0.15, 0.2) is 0 Å². The number of hydrogen-bond acceptors (Lipinski definition) is 5. The lowest BCUT2D eigenvalue weighted by molar-refractivity contribution is 0.708. The van der Waals surface area contributed by atoms with Crippen LogP contribution in [0.4, 0.5) is 11.8 Å². The van der Waals surface area contributed by atoms with Crippen molar-refractivity contribution in [2.24, 2.45) is 0 Å². The van der Waals surface area contributed by atoms with Gasteiger partial charge in [0, 0.05) is 46.7 Å². The Kier molecular flexibility index (Phi) is 3.47. The van der Waals surface area contributed by atoms with Crippen molar-refractivity contribution in [3.63, 3.8) is 0 Å². The number of anilines is 2. The number of nitrogens with zero attached hydrogens (tertiary/aromatic N) is 4. The summed E-state index contributed by atoms with van der Waals surface area (Å²) in [4.78, 5) is 13.3. The number of nitrogens with one attached hydrogen (secondary N) is 1. The lowest BCUT2D eigenvalue weighted by Crippen LogP contribution is -2.20. The molecule has 0 radical (unpaired) electrons. The molecule has 1 N–H and O–H groups in total. The van der Waals surface area contributed by atoms with Gasteiger partial charge in [-0.3, -0.25) is 0 Å². The van der Waals surface area contributed by atoms with E-state index >= 15 is 0 Å². The van der Waals surface area contributed by atoms with E-state index < -0.39 is 0 Å². The molecule has 0 fully saturated rings. The van der Waals surface area contributed by atoms with Crippen LogP contribution in [0.2, 0.25) is 0 Å². The molecule has 0 aliphatic carbocycles. The summed E-state index contributed by atoms with van der Waals surface area (Å²) in [7, 11) is 8.05. The number of fused-ring (bicyclic) bond motifs is 1. The minimum Gasteiger partial charge on any atom is -0.362 e. The van der Waals surface area contributed by atoms with Gasteiger partial charge in [0.15, 0.2) is 0 Å². The van der Waals surface area contributed by atoms with Crippen molar-refractivity contribution in [2.45, 2.75) is 12.8 Å². The van der Waals surface area contributed by atoms with Crippen molar-refractivity contribution < 1.29 is 0 Å². The van der Waals surface area contributed by atoms with E-state index in [1.807, 2.05) is 33.1 Å². The second kappa shape index (κ2) is 4.87. The third kappa shape index (κ3) is 2.49. The Morgan fingerprint density at radius 3 is 2.29 bits per heavy atom. The third-order valence-electron chi connectivity index (χ3n) is 2.97. The number of aromatic nitrogens is 2. The molecule has 0 saturated heterocycles. The molecule has 0 atom stereocenters. The Hall–Kier alpha value is -1.36. The molecule has 5 heteroatoms. The summed E-state index contributed by atoms with van der Waals surface area (Å²) in [5, 5.41) is 3.41. The van der Waals surface area contributed by atoms with Crippen molar-refractivity contribution in [3.05, 3.63) is 11.3 Å². The van der Waals surface area contributed by atoms with Gasteiger partial charge in [-0.15, -0.1) is 0 Å². The standard InChI is InChI=1S/C12H21N5/c1-16(2)11-9-5-7-13-8-6-10(9)14-12(15-11)17(3)4/h13H,5-8H2,1-4H3. The Labute approximate surface area is 103 Å². The average Bonchev–Trinajstić information content (AvgIpc) is 2.51. The second-order valence-electron chi connectivity index (χ2n) is 4.81. The van der Waals surface area contributed by atoms with E-state index in [9.17, 15) is 0 Å². The molecule has 0 bridgehead atoms. The average molecular weight is 235 g/mol. The zero-order valence-electron chi connectivity index (χ0n) is 11.1. The van der Waals surface area contributed by atoms with E-state index in [1.165, 1.54) is 11.3 Å². The van der Waals surface area contributed by atoms with Gasteiger partial charge in [-0.25, -0.2) is 4.98 Å². The van der Waals surface area contributed by atoms with Crippen LogP contribution in [-0.2, 0) is 12.8 Å². The highest BCUT2D eigenvalue weighted by Crippen LogP contribution is 2.23. The van der Waals surface area contributed by atoms with Gasteiger partial charge in [-0.05, 0) is 13.0 Å². The molecule has 2 heterocycles. The maximum Gasteiger partial charge on any atom is 0.227 e. The molecule has 0 spiro atoms. The largest absolute Gasteiger partial charge is 0.362 e. The van der Waals surface area contributed by atoms with Crippen molar-refractivity contribution in [1.29, 1.82) is 0 Å². The Morgan fingerprint density at radius 1 is 0.941 bits per heavy atom. The fourth-order valence-electron chi connectivity index (χ4n) is 2.08. The molecule has 1 aliphatic rings. The van der Waals surface area contributed by atoms with Crippen LogP contribution in [0.25, 0.3) is 0 Å². The van der Waals surface area contributed by atoms with Gasteiger partial charge >= 0.3 is 0 Å². The summed E-state index contributed by atoms with van der Waals surface area (Å²) >= 11 is 0. The van der Waals surface area contributed by atoms with Crippen LogP contribution < -0.4 is 15.1 Å². The summed E-state index contributed by atoms with van der Waals surface area (Å²) in [6.07, 6.45) is 2.00. The van der Waals surface area contributed by atoms with Gasteiger partial charge in [0.25, 0.3) is 0 Å². The second-order valence-corrected chi connectivity index (χ2v) is 4.81. The molecule has 1 aromatic heterocycles. The van der Waals surface area contributed by atoms with E-state index in [4.69, 9.17) is 0 Å². The molecular formula is C12H21N5. The maximum atomic E-state index is 4.66. The predicted octanol–water partition coefficient (Wildman–Crippen LogP) is 0.297. The Morgan fingerprint density at radius 2 is 1.65 bits per heavy atom. The summed E-state index contributed by atoms with van der Waals surface area (Å²) in [5.74, 6) is 1.86. The maximum absolute atomic E-state index is 4.66. The fourth-order valence-corrected chi connectivity index (χ4v) is 2.08. The van der Waals surface area contributed by atoms with Crippen molar-refractivity contribution in [1.82, 2.24) is 15.3 Å². The monoisotopic (exact) mass is 235 g/mol. The molecule has 17 heavy (non-hydrogen) atoms. The first-order valence-corrected chi connectivity index (χ1v) is 6.04. The van der Waals surface area contributed by atoms with Crippen LogP contribution in [0.5, 0.6) is 0 Å². The number of hydrogen-bond donors (Lipinski definition) is 1. The van der Waals surface area contributed by atoms with Gasteiger partial charge in [0.2, 0.25) is 5.95 Å². The van der Waals surface area contributed by atoms with Crippen molar-refractivity contribution in [3.8, 4) is 0 Å². The molecule has 0 amide bonds. The van der Waals surface area contributed by atoms with Crippen molar-refractivity contribution in [2.75, 3.05) is 51.1 Å².